The van der Waals surface area contributed by atoms with E-state index in [0.717, 1.165) is 17.0 Å². The van der Waals surface area contributed by atoms with E-state index in [1.807, 2.05) is 13.8 Å². The number of nitrogens with zero attached hydrogens (tertiary/aromatic N) is 6. The minimum absolute atomic E-state index is 0. The number of rotatable bonds is 13. The smallest absolute Gasteiger partial charge is 0.397 e. The van der Waals surface area contributed by atoms with Crippen LogP contribution < -0.4 is 49.0 Å². The Balaban J connectivity index is 0.000000387. The van der Waals surface area contributed by atoms with Gasteiger partial charge in [-0.15, -0.1) is 23.5 Å². The van der Waals surface area contributed by atoms with Crippen molar-refractivity contribution in [2.24, 2.45) is 0 Å². The van der Waals surface area contributed by atoms with Gasteiger partial charge in [0.15, 0.2) is 0 Å². The molecule has 7 N–H and O–H groups in total. The third-order valence-corrected chi connectivity index (χ3v) is 12.1. The number of amides is 2. The molecular weight excluding hydrogens is 1070 g/mol. The zero-order valence-corrected chi connectivity index (χ0v) is 42.6. The first-order valence-corrected chi connectivity index (χ1v) is 23.8. The Bertz CT molecular complexity index is 2970. The van der Waals surface area contributed by atoms with Crippen LogP contribution in [-0.2, 0) is 38.2 Å². The van der Waals surface area contributed by atoms with Gasteiger partial charge < -0.3 is 46.0 Å². The average molecular weight is 1120 g/mol. The van der Waals surface area contributed by atoms with Crippen LogP contribution in [0.2, 0.25) is 10.3 Å². The van der Waals surface area contributed by atoms with Gasteiger partial charge in [-0.25, -0.2) is 9.97 Å². The topological polar surface area (TPSA) is 217 Å². The van der Waals surface area contributed by atoms with Gasteiger partial charge in [0.25, 0.3) is 28.5 Å². The summed E-state index contributed by atoms with van der Waals surface area (Å²) in [6, 6.07) is 8.39. The number of hydrogen-bond acceptors (Lipinski definition) is 13. The summed E-state index contributed by atoms with van der Waals surface area (Å²) in [5, 5.41) is 7.55. The number of carbonyl (C=O) groups excluding carboxylic acids is 2. The van der Waals surface area contributed by atoms with Crippen molar-refractivity contribution in [1.82, 2.24) is 23.7 Å². The summed E-state index contributed by atoms with van der Waals surface area (Å²) in [7, 11) is 4.07. The molecule has 402 valence electrons. The van der Waals surface area contributed by atoms with E-state index in [0.29, 0.717) is 41.1 Å². The standard InChI is InChI=1S/2C17H18ClF3N4O2S.C9H12F3N3O.CH4/c1-4-25-11(17(19,20)21)8-9(22)14(16(25)27)24(3)15(26)13-10(28-5-2)6-7-12(18)23-13;1-4-25-11(17(19,20)21)8-9(13(22-3)16(25)27)23-15(26)14-10(28-5-2)6-7-12(18)24-14;1-3-15-6(9(10,11)12)4-5(13)7(14-2)8(15)16;/h6-8H,4-5,22H2,1-3H3;6-8,22H,4-5H2,1-3H3,(H,23,26);4,14H,3,13H2,1-2H3;1H4. The summed E-state index contributed by atoms with van der Waals surface area (Å²) >= 11 is 14.4. The fourth-order valence-electron chi connectivity index (χ4n) is 6.69. The Morgan fingerprint density at radius 2 is 1.01 bits per heavy atom. The second-order valence-electron chi connectivity index (χ2n) is 14.3. The Hall–Kier alpha value is -6.06. The molecule has 0 radical (unpaired) electrons. The molecule has 5 rings (SSSR count). The van der Waals surface area contributed by atoms with E-state index in [2.05, 4.69) is 25.9 Å². The van der Waals surface area contributed by atoms with Crippen molar-refractivity contribution in [2.75, 3.05) is 65.0 Å². The molecule has 29 heteroatoms. The molecule has 0 saturated carbocycles. The minimum atomic E-state index is -4.77. The van der Waals surface area contributed by atoms with Crippen LogP contribution in [0.5, 0.6) is 0 Å². The molecule has 0 unspecified atom stereocenters. The third kappa shape index (κ3) is 15.0. The van der Waals surface area contributed by atoms with Crippen LogP contribution in [-0.4, -0.2) is 68.1 Å². The van der Waals surface area contributed by atoms with E-state index in [1.54, 1.807) is 12.1 Å². The molecule has 0 aromatic carbocycles. The predicted octanol–water partition coefficient (Wildman–Crippen LogP) is 10.4. The fraction of sp³-hybridized carbons (Fsp3) is 0.386. The summed E-state index contributed by atoms with van der Waals surface area (Å²) in [4.78, 5) is 72.4. The maximum atomic E-state index is 13.4. The molecule has 0 fully saturated rings. The zero-order valence-electron chi connectivity index (χ0n) is 39.4. The molecule has 2 amide bonds. The summed E-state index contributed by atoms with van der Waals surface area (Å²) in [6.07, 6.45) is -14.1. The number of carbonyl (C=O) groups is 2. The van der Waals surface area contributed by atoms with Crippen LogP contribution in [0.1, 0.15) is 80.1 Å². The normalized spacial score (nSPS) is 11.3. The number of thioether (sulfide) groups is 2. The van der Waals surface area contributed by atoms with Gasteiger partial charge >= 0.3 is 18.5 Å². The number of halogens is 11. The van der Waals surface area contributed by atoms with E-state index in [1.165, 1.54) is 77.6 Å². The van der Waals surface area contributed by atoms with Gasteiger partial charge in [0, 0.05) is 50.6 Å². The van der Waals surface area contributed by atoms with Crippen LogP contribution >= 0.6 is 46.7 Å². The van der Waals surface area contributed by atoms with Crippen LogP contribution in [0.25, 0.3) is 0 Å². The molecule has 0 aliphatic rings. The molecule has 16 nitrogen and oxygen atoms in total. The number of anilines is 6. The zero-order chi connectivity index (χ0) is 54.8. The fourth-order valence-corrected chi connectivity index (χ4v) is 8.48. The highest BCUT2D eigenvalue weighted by molar-refractivity contribution is 7.99. The average Bonchev–Trinajstić information content (AvgIpc) is 3.29. The van der Waals surface area contributed by atoms with Crippen LogP contribution in [0.4, 0.5) is 73.6 Å². The Morgan fingerprint density at radius 3 is 1.42 bits per heavy atom. The lowest BCUT2D eigenvalue weighted by atomic mass is 10.2. The van der Waals surface area contributed by atoms with Gasteiger partial charge in [-0.1, -0.05) is 44.5 Å². The monoisotopic (exact) mass is 1120 g/mol. The number of aromatic nitrogens is 5. The predicted molar refractivity (Wildman–Crippen MR) is 271 cm³/mol. The van der Waals surface area contributed by atoms with Crippen molar-refractivity contribution in [2.45, 2.75) is 90.0 Å². The summed E-state index contributed by atoms with van der Waals surface area (Å²) in [5.41, 5.74) is 3.55. The molecule has 0 aliphatic carbocycles. The van der Waals surface area contributed by atoms with Crippen molar-refractivity contribution in [3.63, 3.8) is 0 Å². The van der Waals surface area contributed by atoms with Gasteiger partial charge in [0.1, 0.15) is 55.8 Å². The van der Waals surface area contributed by atoms with E-state index in [4.69, 9.17) is 34.7 Å². The van der Waals surface area contributed by atoms with E-state index >= 15 is 0 Å². The Labute approximate surface area is 431 Å². The first-order valence-electron chi connectivity index (χ1n) is 21.1. The lowest BCUT2D eigenvalue weighted by Crippen LogP contribution is -2.37. The first-order chi connectivity index (χ1) is 33.5. The van der Waals surface area contributed by atoms with Gasteiger partial charge in [-0.2, -0.15) is 39.5 Å². The summed E-state index contributed by atoms with van der Waals surface area (Å²) < 4.78 is 119. The lowest BCUT2D eigenvalue weighted by Gasteiger charge is -2.23. The number of nitrogens with one attached hydrogen (secondary N) is 3. The van der Waals surface area contributed by atoms with Crippen molar-refractivity contribution in [1.29, 1.82) is 0 Å². The van der Waals surface area contributed by atoms with Gasteiger partial charge in [-0.3, -0.25) is 24.0 Å². The number of pyridine rings is 5. The van der Waals surface area contributed by atoms with Crippen molar-refractivity contribution < 1.29 is 49.1 Å². The highest BCUT2D eigenvalue weighted by atomic mass is 35.5. The van der Waals surface area contributed by atoms with Crippen molar-refractivity contribution >= 4 is 92.7 Å². The molecule has 5 aromatic heterocycles. The maximum Gasteiger partial charge on any atom is 0.431 e. The first kappa shape index (κ1) is 63.1. The SMILES string of the molecule is C.CCSc1ccc(Cl)nc1C(=O)N(C)c1c(N)cc(C(F)(F)F)n(CC)c1=O.CCSc1ccc(Cl)nc1C(=O)Nc1cc(C(F)(F)F)n(CC)c(=O)c1NC.CCn1c(C(F)(F)F)cc(N)c(NC)c1=O. The number of hydrogen-bond donors (Lipinski definition) is 5. The quantitative estimate of drug-likeness (QED) is 0.0422. The minimum Gasteiger partial charge on any atom is -0.397 e. The van der Waals surface area contributed by atoms with Crippen molar-refractivity contribution in [3.05, 3.63) is 112 Å². The molecule has 0 saturated heterocycles. The second-order valence-corrected chi connectivity index (χ2v) is 17.7. The Kier molecular flexibility index (Phi) is 22.7. The summed E-state index contributed by atoms with van der Waals surface area (Å²) in [5.74, 6) is -0.171. The molecule has 0 bridgehead atoms. The van der Waals surface area contributed by atoms with Gasteiger partial charge in [-0.05, 0) is 74.7 Å². The molecular formula is C44H52Cl2F9N11O5S2. The van der Waals surface area contributed by atoms with Gasteiger partial charge in [0.2, 0.25) is 0 Å². The number of nitrogen functional groups attached to an aromatic ring is 2. The molecule has 0 atom stereocenters. The highest BCUT2D eigenvalue weighted by Crippen LogP contribution is 2.35. The molecule has 0 spiro atoms. The van der Waals surface area contributed by atoms with E-state index < -0.39 is 69.8 Å². The molecule has 5 aromatic rings. The molecule has 0 aliphatic heterocycles. The largest absolute Gasteiger partial charge is 0.431 e. The molecule has 5 heterocycles. The second kappa shape index (κ2) is 26.2. The van der Waals surface area contributed by atoms with E-state index in [-0.39, 0.29) is 77.2 Å². The van der Waals surface area contributed by atoms with Crippen LogP contribution in [0, 0.1) is 0 Å². The molecule has 73 heavy (non-hydrogen) atoms. The van der Waals surface area contributed by atoms with Crippen molar-refractivity contribution in [3.8, 4) is 0 Å². The maximum absolute atomic E-state index is 13.4. The third-order valence-electron chi connectivity index (χ3n) is 9.81. The van der Waals surface area contributed by atoms with Gasteiger partial charge in [0.05, 0.1) is 17.1 Å². The van der Waals surface area contributed by atoms with E-state index in [9.17, 15) is 63.5 Å². The number of alkyl halides is 9. The number of nitrogens with two attached hydrogens (primary N) is 2. The van der Waals surface area contributed by atoms with Crippen LogP contribution in [0.15, 0.2) is 66.6 Å². The Morgan fingerprint density at radius 1 is 0.630 bits per heavy atom. The summed E-state index contributed by atoms with van der Waals surface area (Å²) in [6.45, 7) is 7.56. The van der Waals surface area contributed by atoms with Crippen LogP contribution in [0.3, 0.4) is 0 Å². The highest BCUT2D eigenvalue weighted by Gasteiger charge is 2.38. The lowest BCUT2D eigenvalue weighted by molar-refractivity contribution is -0.144.